The van der Waals surface area contributed by atoms with Crippen LogP contribution < -0.4 is 24.8 Å². The minimum atomic E-state index is -0.221. The molecule has 0 aliphatic heterocycles. The molecule has 144 valence electrons. The van der Waals surface area contributed by atoms with Crippen molar-refractivity contribution in [2.45, 2.75) is 19.8 Å². The van der Waals surface area contributed by atoms with E-state index in [4.69, 9.17) is 14.2 Å². The summed E-state index contributed by atoms with van der Waals surface area (Å²) < 4.78 is 15.7. The number of benzene rings is 2. The van der Waals surface area contributed by atoms with E-state index in [9.17, 15) is 9.59 Å². The topological polar surface area (TPSA) is 85.9 Å². The largest absolute Gasteiger partial charge is 0.497 e. The molecule has 2 aromatic carbocycles. The van der Waals surface area contributed by atoms with E-state index in [0.717, 1.165) is 5.56 Å². The maximum absolute atomic E-state index is 12.4. The molecule has 0 aromatic heterocycles. The molecule has 0 saturated heterocycles. The van der Waals surface area contributed by atoms with E-state index in [1.54, 1.807) is 32.4 Å². The van der Waals surface area contributed by atoms with Gasteiger partial charge >= 0.3 is 0 Å². The second-order valence-electron chi connectivity index (χ2n) is 5.83. The van der Waals surface area contributed by atoms with Crippen LogP contribution in [0.25, 0.3) is 0 Å². The number of carbonyl (C=O) groups excluding carboxylic acids is 2. The van der Waals surface area contributed by atoms with Crippen LogP contribution in [0.3, 0.4) is 0 Å². The highest BCUT2D eigenvalue weighted by Crippen LogP contribution is 2.29. The minimum absolute atomic E-state index is 0.176. The fourth-order valence-electron chi connectivity index (χ4n) is 2.56. The molecule has 0 heterocycles. The molecule has 2 amide bonds. The molecule has 0 spiro atoms. The number of aryl methyl sites for hydroxylation is 1. The van der Waals surface area contributed by atoms with Gasteiger partial charge in [-0.25, -0.2) is 0 Å². The van der Waals surface area contributed by atoms with E-state index < -0.39 is 0 Å². The molecule has 2 aromatic rings. The number of anilines is 2. The van der Waals surface area contributed by atoms with E-state index in [1.165, 1.54) is 14.0 Å². The Balaban J connectivity index is 2.06. The zero-order chi connectivity index (χ0) is 19.8. The number of methoxy groups -OCH3 is 3. The average Bonchev–Trinajstić information content (AvgIpc) is 2.67. The molecule has 0 fully saturated rings. The third-order valence-electron chi connectivity index (χ3n) is 3.90. The fourth-order valence-corrected chi connectivity index (χ4v) is 2.56. The molecule has 0 aliphatic rings. The quantitative estimate of drug-likeness (QED) is 0.743. The molecule has 0 saturated carbocycles. The average molecular weight is 372 g/mol. The van der Waals surface area contributed by atoms with Crippen molar-refractivity contribution in [3.05, 3.63) is 42.0 Å². The van der Waals surface area contributed by atoms with Gasteiger partial charge in [0.25, 0.3) is 0 Å². The second kappa shape index (κ2) is 9.47. The summed E-state index contributed by atoms with van der Waals surface area (Å²) in [4.78, 5) is 23.7. The molecule has 0 unspecified atom stereocenters. The maximum atomic E-state index is 12.4. The highest BCUT2D eigenvalue weighted by atomic mass is 16.5. The number of nitrogens with one attached hydrogen (secondary N) is 2. The highest BCUT2D eigenvalue weighted by Gasteiger charge is 2.11. The lowest BCUT2D eigenvalue weighted by molar-refractivity contribution is -0.116. The molecule has 0 atom stereocenters. The molecule has 2 N–H and O–H groups in total. The number of rotatable bonds is 8. The molecule has 7 heteroatoms. The number of ether oxygens (including phenoxy) is 3. The van der Waals surface area contributed by atoms with Crippen LogP contribution in [0, 0.1) is 0 Å². The van der Waals surface area contributed by atoms with Gasteiger partial charge in [-0.15, -0.1) is 0 Å². The lowest BCUT2D eigenvalue weighted by Crippen LogP contribution is -2.15. The Morgan fingerprint density at radius 3 is 2.22 bits per heavy atom. The lowest BCUT2D eigenvalue weighted by Gasteiger charge is -2.13. The summed E-state index contributed by atoms with van der Waals surface area (Å²) >= 11 is 0. The van der Waals surface area contributed by atoms with Crippen molar-refractivity contribution in [1.82, 2.24) is 0 Å². The molecular formula is C20H24N2O5. The first-order chi connectivity index (χ1) is 13.0. The summed E-state index contributed by atoms with van der Waals surface area (Å²) in [5.41, 5.74) is 1.96. The van der Waals surface area contributed by atoms with Crippen LogP contribution in [-0.2, 0) is 16.0 Å². The van der Waals surface area contributed by atoms with E-state index in [-0.39, 0.29) is 18.2 Å². The third kappa shape index (κ3) is 5.64. The summed E-state index contributed by atoms with van der Waals surface area (Å²) in [6.45, 7) is 1.41. The van der Waals surface area contributed by atoms with E-state index in [0.29, 0.717) is 35.0 Å². The van der Waals surface area contributed by atoms with Crippen molar-refractivity contribution in [1.29, 1.82) is 0 Å². The van der Waals surface area contributed by atoms with Crippen LogP contribution in [0.2, 0.25) is 0 Å². The summed E-state index contributed by atoms with van der Waals surface area (Å²) in [6.07, 6.45) is 0.803. The molecule has 27 heavy (non-hydrogen) atoms. The van der Waals surface area contributed by atoms with Crippen LogP contribution in [0.15, 0.2) is 36.4 Å². The van der Waals surface area contributed by atoms with Gasteiger partial charge in [-0.05, 0) is 36.2 Å². The lowest BCUT2D eigenvalue weighted by atomic mass is 10.1. The molecule has 0 radical (unpaired) electrons. The van der Waals surface area contributed by atoms with Crippen molar-refractivity contribution < 1.29 is 23.8 Å². The number of carbonyl (C=O) groups is 2. The molecule has 0 aliphatic carbocycles. The Kier molecular flexibility index (Phi) is 7.05. The highest BCUT2D eigenvalue weighted by molar-refractivity contribution is 5.99. The summed E-state index contributed by atoms with van der Waals surface area (Å²) in [5, 5.41) is 5.51. The van der Waals surface area contributed by atoms with Gasteiger partial charge in [-0.3, -0.25) is 9.59 Å². The van der Waals surface area contributed by atoms with Gasteiger partial charge in [-0.2, -0.15) is 0 Å². The van der Waals surface area contributed by atoms with Gasteiger partial charge in [0.05, 0.1) is 32.7 Å². The van der Waals surface area contributed by atoms with Crippen LogP contribution in [-0.4, -0.2) is 33.1 Å². The van der Waals surface area contributed by atoms with Gasteiger partial charge in [0.15, 0.2) is 11.5 Å². The maximum Gasteiger partial charge on any atom is 0.224 e. The van der Waals surface area contributed by atoms with Crippen molar-refractivity contribution in [3.8, 4) is 17.2 Å². The number of hydrogen-bond acceptors (Lipinski definition) is 5. The first-order valence-corrected chi connectivity index (χ1v) is 8.43. The first kappa shape index (κ1) is 20.1. The Bertz CT molecular complexity index is 820. The second-order valence-corrected chi connectivity index (χ2v) is 5.83. The summed E-state index contributed by atoms with van der Waals surface area (Å²) in [5.74, 6) is 1.45. The standard InChI is InChI=1S/C20H24N2O5/c1-13(23)21-16-8-7-15(25-2)12-17(16)22-20(24)10-6-14-5-9-18(26-3)19(11-14)27-4/h5,7-9,11-12H,6,10H2,1-4H3,(H,21,23)(H,22,24). The molecular weight excluding hydrogens is 348 g/mol. The zero-order valence-electron chi connectivity index (χ0n) is 15.9. The van der Waals surface area contributed by atoms with Gasteiger partial charge < -0.3 is 24.8 Å². The van der Waals surface area contributed by atoms with E-state index in [2.05, 4.69) is 10.6 Å². The van der Waals surface area contributed by atoms with Crippen molar-refractivity contribution >= 4 is 23.2 Å². The van der Waals surface area contributed by atoms with Gasteiger partial charge in [0.1, 0.15) is 5.75 Å². The Morgan fingerprint density at radius 1 is 0.852 bits per heavy atom. The smallest absolute Gasteiger partial charge is 0.224 e. The molecule has 7 nitrogen and oxygen atoms in total. The minimum Gasteiger partial charge on any atom is -0.497 e. The predicted molar refractivity (Wildman–Crippen MR) is 104 cm³/mol. The Hall–Kier alpha value is -3.22. The van der Waals surface area contributed by atoms with Crippen LogP contribution in [0.1, 0.15) is 18.9 Å². The zero-order valence-corrected chi connectivity index (χ0v) is 15.9. The Morgan fingerprint density at radius 2 is 1.59 bits per heavy atom. The first-order valence-electron chi connectivity index (χ1n) is 8.43. The van der Waals surface area contributed by atoms with Crippen LogP contribution in [0.5, 0.6) is 17.2 Å². The normalized spacial score (nSPS) is 10.1. The van der Waals surface area contributed by atoms with Crippen LogP contribution in [0.4, 0.5) is 11.4 Å². The third-order valence-corrected chi connectivity index (χ3v) is 3.90. The van der Waals surface area contributed by atoms with Crippen molar-refractivity contribution in [2.75, 3.05) is 32.0 Å². The number of hydrogen-bond donors (Lipinski definition) is 2. The van der Waals surface area contributed by atoms with Crippen molar-refractivity contribution in [3.63, 3.8) is 0 Å². The fraction of sp³-hybridized carbons (Fsp3) is 0.300. The SMILES string of the molecule is COc1ccc(NC(C)=O)c(NC(=O)CCc2ccc(OC)c(OC)c2)c1. The number of amides is 2. The van der Waals surface area contributed by atoms with Gasteiger partial charge in [0.2, 0.25) is 11.8 Å². The van der Waals surface area contributed by atoms with Crippen LogP contribution >= 0.6 is 0 Å². The Labute approximate surface area is 158 Å². The van der Waals surface area contributed by atoms with Gasteiger partial charge in [0, 0.05) is 19.4 Å². The molecule has 0 bridgehead atoms. The predicted octanol–water partition coefficient (Wildman–Crippen LogP) is 3.24. The summed E-state index contributed by atoms with van der Waals surface area (Å²) in [7, 11) is 4.68. The van der Waals surface area contributed by atoms with Crippen molar-refractivity contribution in [2.24, 2.45) is 0 Å². The summed E-state index contributed by atoms with van der Waals surface area (Å²) in [6, 6.07) is 10.6. The van der Waals surface area contributed by atoms with E-state index >= 15 is 0 Å². The molecule has 2 rings (SSSR count). The monoisotopic (exact) mass is 372 g/mol. The van der Waals surface area contributed by atoms with E-state index in [1.807, 2.05) is 18.2 Å². The van der Waals surface area contributed by atoms with Gasteiger partial charge in [-0.1, -0.05) is 6.07 Å².